The zero-order valence-electron chi connectivity index (χ0n) is 54.1. The van der Waals surface area contributed by atoms with E-state index in [2.05, 4.69) is 10.6 Å². The molecule has 4 aromatic rings. The molecule has 4 aromatic carbocycles. The molecule has 24 nitrogen and oxygen atoms in total. The van der Waals surface area contributed by atoms with Crippen LogP contribution < -0.4 is 15.4 Å². The number of Topliss-reactive ketones (excluding diaryl/α,β-unsaturated/α-hetero) is 1. The highest BCUT2D eigenvalue weighted by Crippen LogP contribution is 2.73. The van der Waals surface area contributed by atoms with Gasteiger partial charge in [-0.15, -0.1) is 0 Å². The highest BCUT2D eigenvalue weighted by atomic mass is 19.1. The van der Waals surface area contributed by atoms with Crippen LogP contribution in [0.25, 0.3) is 11.1 Å². The highest BCUT2D eigenvalue weighted by Gasteiger charge is 2.80. The van der Waals surface area contributed by atoms with Crippen LogP contribution in [0.4, 0.5) is 28.4 Å². The van der Waals surface area contributed by atoms with Gasteiger partial charge in [-0.3, -0.25) is 33.7 Å². The van der Waals surface area contributed by atoms with Gasteiger partial charge in [0.25, 0.3) is 0 Å². The number of anilines is 1. The number of carbonyl (C=O) groups excluding carboxylic acids is 9. The quantitative estimate of drug-likeness (QED) is 0.0403. The van der Waals surface area contributed by atoms with Crippen molar-refractivity contribution in [3.05, 3.63) is 143 Å². The smallest absolute Gasteiger partial charge is 0.411 e. The van der Waals surface area contributed by atoms with Gasteiger partial charge in [0.2, 0.25) is 18.3 Å². The monoisotopic (exact) mass is 1350 g/mol. The number of amides is 3. The number of esters is 4. The molecule has 3 N–H and O–H groups in total. The van der Waals surface area contributed by atoms with Gasteiger partial charge in [-0.1, -0.05) is 79.7 Å². The van der Waals surface area contributed by atoms with Gasteiger partial charge in [0, 0.05) is 68.5 Å². The van der Waals surface area contributed by atoms with Crippen LogP contribution in [-0.2, 0) is 87.5 Å². The summed E-state index contributed by atoms with van der Waals surface area (Å²) in [7, 11) is 1.01. The number of carbonyl (C=O) groups is 9. The van der Waals surface area contributed by atoms with Crippen molar-refractivity contribution in [2.45, 2.75) is 146 Å². The zero-order chi connectivity index (χ0) is 69.5. The van der Waals surface area contributed by atoms with Gasteiger partial charge in [-0.2, -0.15) is 0 Å². The van der Waals surface area contributed by atoms with E-state index in [4.69, 9.17) is 52.1 Å². The average Bonchev–Trinajstić information content (AvgIpc) is 1.58. The summed E-state index contributed by atoms with van der Waals surface area (Å²) in [6.07, 6.45) is -14.5. The normalized spacial score (nSPS) is 30.3. The molecule has 5 aliphatic carbocycles. The van der Waals surface area contributed by atoms with Gasteiger partial charge >= 0.3 is 36.1 Å². The van der Waals surface area contributed by atoms with Gasteiger partial charge in [-0.25, -0.2) is 27.6 Å². The largest absolute Gasteiger partial charge is 0.467 e. The van der Waals surface area contributed by atoms with Gasteiger partial charge in [0.1, 0.15) is 44.3 Å². The molecule has 0 unspecified atom stereocenters. The number of methoxy groups -OCH3 is 1. The number of nitrogens with zero attached hydrogens (tertiary/aromatic N) is 1. The Balaban J connectivity index is 0.797. The Morgan fingerprint density at radius 3 is 2.15 bits per heavy atom. The van der Waals surface area contributed by atoms with Gasteiger partial charge in [-0.05, 0) is 109 Å². The van der Waals surface area contributed by atoms with Crippen LogP contribution in [0, 0.1) is 28.5 Å². The Kier molecular flexibility index (Phi) is 19.9. The molecule has 516 valence electrons. The summed E-state index contributed by atoms with van der Waals surface area (Å²) in [5.41, 5.74) is -3.45. The van der Waals surface area contributed by atoms with E-state index >= 15 is 13.6 Å². The maximum atomic E-state index is 18.2. The molecular weight excluding hydrogens is 1280 g/mol. The van der Waals surface area contributed by atoms with E-state index in [0.717, 1.165) is 67.2 Å². The minimum absolute atomic E-state index is 0.000133. The molecule has 97 heavy (non-hydrogen) atoms. The predicted octanol–water partition coefficient (Wildman–Crippen LogP) is 8.05. The van der Waals surface area contributed by atoms with E-state index in [9.17, 15) is 47.9 Å². The second-order valence-corrected chi connectivity index (χ2v) is 25.4. The van der Waals surface area contributed by atoms with Crippen LogP contribution in [0.1, 0.15) is 102 Å². The predicted molar refractivity (Wildman–Crippen MR) is 331 cm³/mol. The topological polar surface area (TPSA) is 303 Å². The molecular formula is C70H74F3N3O21. The first-order chi connectivity index (χ1) is 46.2. The molecule has 15 atom stereocenters. The van der Waals surface area contributed by atoms with E-state index < -0.39 is 175 Å². The summed E-state index contributed by atoms with van der Waals surface area (Å²) < 4.78 is 113. The van der Waals surface area contributed by atoms with Crippen LogP contribution in [0.2, 0.25) is 0 Å². The van der Waals surface area contributed by atoms with Crippen molar-refractivity contribution in [2.24, 2.45) is 22.7 Å². The number of allylic oxidation sites excluding steroid dienone is 4. The van der Waals surface area contributed by atoms with Crippen LogP contribution in [-0.4, -0.2) is 164 Å². The molecule has 2 saturated heterocycles. The fraction of sp³-hybridized carbons (Fsp3) is 0.471. The van der Waals surface area contributed by atoms with E-state index in [1.165, 1.54) is 55.5 Å². The van der Waals surface area contributed by atoms with Gasteiger partial charge in [0.15, 0.2) is 47.4 Å². The highest BCUT2D eigenvalue weighted by molar-refractivity contribution is 6.01. The van der Waals surface area contributed by atoms with Crippen LogP contribution in [0.3, 0.4) is 0 Å². The van der Waals surface area contributed by atoms with Crippen molar-refractivity contribution < 1.29 is 114 Å². The molecule has 0 bridgehead atoms. The molecule has 3 amide bonds. The number of nitrogens with one attached hydrogen (secondary N) is 2. The molecule has 0 radical (unpaired) electrons. The summed E-state index contributed by atoms with van der Waals surface area (Å²) in [4.78, 5) is 121. The standard InChI is InChI=1S/C70H74F3N3O21/c1-8-76(35-88-34-55(82)70-56(95-63(97-70)40-14-13-15-41(71)27-40)30-48-49-29-51(72)50-28-42(80)22-24-67(50,5)69(49,73)54(81)31-68(48,70)6)66(86)90-32-39-20-21-53(94-64-61(93-38(4)79)59(92-37(3)78)58(91-36(2)77)60(96-64)62(84)87-7)52(26-39)75-57(83)23-25-74-65(85)89-33-47-45-18-11-9-16-43(45)44-17-10-12-19-46(44)47/h9-22,24,26-28,47-49,51,54,56,58-61,63-64,81H,8,23,25,29-35H2,1-7H3,(H,74,85)(H,75,83)/t48-,49-,51-,54-,56+,58-,59-,60-,61+,63+,64+,67-,68-,69-,70+/m0/s1. The van der Waals surface area contributed by atoms with E-state index in [-0.39, 0.29) is 73.0 Å². The summed E-state index contributed by atoms with van der Waals surface area (Å²) >= 11 is 0. The lowest BCUT2D eigenvalue weighted by atomic mass is 9.44. The van der Waals surface area contributed by atoms with E-state index in [1.807, 2.05) is 48.5 Å². The summed E-state index contributed by atoms with van der Waals surface area (Å²) in [6.45, 7) is 5.65. The number of fused-ring (bicyclic) bond motifs is 10. The van der Waals surface area contributed by atoms with Gasteiger partial charge in [0.05, 0.1) is 25.0 Å². The fourth-order valence-corrected chi connectivity index (χ4v) is 15.4. The molecule has 11 rings (SSSR count). The number of ether oxygens (including phenoxy) is 11. The summed E-state index contributed by atoms with van der Waals surface area (Å²) in [5.74, 6) is -9.08. The fourth-order valence-electron chi connectivity index (χ4n) is 15.4. The van der Waals surface area contributed by atoms with Crippen molar-refractivity contribution >= 4 is 59.2 Å². The molecule has 2 heterocycles. The number of hydrogen-bond donors (Lipinski definition) is 3. The number of alkyl carbamates (subject to hydrolysis) is 1. The Hall–Kier alpha value is -9.02. The number of aliphatic hydroxyl groups is 1. The average molecular weight is 1350 g/mol. The molecule has 5 fully saturated rings. The third-order valence-electron chi connectivity index (χ3n) is 19.7. The lowest BCUT2D eigenvalue weighted by molar-refractivity contribution is -0.282. The number of hydrogen-bond acceptors (Lipinski definition) is 21. The lowest BCUT2D eigenvalue weighted by Crippen LogP contribution is -2.70. The molecule has 27 heteroatoms. The van der Waals surface area contributed by atoms with Crippen LogP contribution >= 0.6 is 0 Å². The number of alkyl halides is 2. The molecule has 0 aromatic heterocycles. The van der Waals surface area contributed by atoms with Crippen LogP contribution in [0.5, 0.6) is 5.75 Å². The molecule has 0 spiro atoms. The Morgan fingerprint density at radius 2 is 1.48 bits per heavy atom. The van der Waals surface area contributed by atoms with Crippen molar-refractivity contribution in [1.82, 2.24) is 10.2 Å². The number of benzene rings is 4. The first-order valence-electron chi connectivity index (χ1n) is 31.8. The molecule has 7 aliphatic rings. The maximum absolute atomic E-state index is 18.2. The third kappa shape index (κ3) is 13.0. The minimum atomic E-state index is -2.50. The lowest BCUT2D eigenvalue weighted by Gasteiger charge is -2.63. The van der Waals surface area contributed by atoms with Crippen molar-refractivity contribution in [1.29, 1.82) is 0 Å². The number of halogens is 3. The third-order valence-corrected chi connectivity index (χ3v) is 19.7. The first-order valence-corrected chi connectivity index (χ1v) is 31.8. The number of ketones is 2. The summed E-state index contributed by atoms with van der Waals surface area (Å²) in [6, 6.07) is 25.0. The first kappa shape index (κ1) is 69.3. The van der Waals surface area contributed by atoms with Crippen molar-refractivity contribution in [3.8, 4) is 16.9 Å². The molecule has 2 aliphatic heterocycles. The number of rotatable bonds is 21. The SMILES string of the molecule is CCN(COCC(=O)[C@@]12O[C@H](c3cccc(F)c3)O[C@@H]1C[C@H]1[C@@H]3C[C@H](F)C4=CC(=O)C=C[C@]4(C)[C@@]3(F)[C@@H](O)C[C@@]12C)C(=O)OCc1ccc(O[C@@H]2O[C@H](C(=O)OC)[C@@H](OC(C)=O)[C@H](OC(C)=O)[C@H]2OC(C)=O)c(NC(=O)CCNC(=O)OCC2c3ccccc3-c3ccccc32)c1. The second kappa shape index (κ2) is 27.8. The van der Waals surface area contributed by atoms with E-state index in [0.29, 0.717) is 0 Å². The zero-order valence-corrected chi connectivity index (χ0v) is 54.1. The summed E-state index contributed by atoms with van der Waals surface area (Å²) in [5, 5.41) is 17.4. The van der Waals surface area contributed by atoms with E-state index in [1.54, 1.807) is 13.8 Å². The Labute approximate surface area is 555 Å². The van der Waals surface area contributed by atoms with Crippen molar-refractivity contribution in [2.75, 3.05) is 45.5 Å². The number of aliphatic hydroxyl groups excluding tert-OH is 1. The molecule has 3 saturated carbocycles. The minimum Gasteiger partial charge on any atom is -0.467 e. The van der Waals surface area contributed by atoms with Crippen molar-refractivity contribution in [3.63, 3.8) is 0 Å². The van der Waals surface area contributed by atoms with Gasteiger partial charge < -0.3 is 67.8 Å². The maximum Gasteiger partial charge on any atom is 0.411 e. The Morgan fingerprint density at radius 1 is 0.804 bits per heavy atom. The van der Waals surface area contributed by atoms with Crippen LogP contribution in [0.15, 0.2) is 115 Å². The Bertz CT molecular complexity index is 3800. The second-order valence-electron chi connectivity index (χ2n) is 25.4.